The van der Waals surface area contributed by atoms with Crippen LogP contribution >= 0.6 is 0 Å². The zero-order valence-corrected chi connectivity index (χ0v) is 37.8. The average molecular weight is 893 g/mol. The number of rotatable bonds is 7. The molecule has 0 aliphatic rings. The van der Waals surface area contributed by atoms with Gasteiger partial charge in [0.05, 0.1) is 33.3 Å². The Morgan fingerprint density at radius 2 is 0.671 bits per heavy atom. The quantitative estimate of drug-likeness (QED) is 0.150. The van der Waals surface area contributed by atoms with Gasteiger partial charge >= 0.3 is 0 Å². The monoisotopic (exact) mass is 892 g/mol. The van der Waals surface area contributed by atoms with Crippen LogP contribution in [0.15, 0.2) is 243 Å². The molecular formula is C64H40N6. The van der Waals surface area contributed by atoms with Crippen LogP contribution in [0.25, 0.3) is 133 Å². The van der Waals surface area contributed by atoms with E-state index in [9.17, 15) is 0 Å². The van der Waals surface area contributed by atoms with E-state index in [-0.39, 0.29) is 0 Å². The lowest BCUT2D eigenvalue weighted by atomic mass is 9.94. The maximum atomic E-state index is 5.47. The van der Waals surface area contributed by atoms with Crippen LogP contribution in [0.5, 0.6) is 0 Å². The van der Waals surface area contributed by atoms with E-state index in [0.717, 1.165) is 66.7 Å². The van der Waals surface area contributed by atoms with Crippen molar-refractivity contribution in [2.45, 2.75) is 0 Å². The highest BCUT2D eigenvalue weighted by molar-refractivity contribution is 6.29. The molecule has 4 heterocycles. The van der Waals surface area contributed by atoms with E-state index in [1.54, 1.807) is 0 Å². The van der Waals surface area contributed by atoms with E-state index in [1.807, 2.05) is 30.3 Å². The Labute approximate surface area is 403 Å². The fraction of sp³-hybridized carbons (Fsp3) is 0. The fourth-order valence-corrected chi connectivity index (χ4v) is 10.5. The van der Waals surface area contributed by atoms with Gasteiger partial charge in [0, 0.05) is 71.3 Å². The topological polar surface area (TPSA) is 61.4 Å². The summed E-state index contributed by atoms with van der Waals surface area (Å²) in [5, 5.41) is 8.36. The van der Waals surface area contributed by atoms with Crippen molar-refractivity contribution in [3.8, 4) is 67.9 Å². The van der Waals surface area contributed by atoms with Gasteiger partial charge in [0.1, 0.15) is 0 Å². The second kappa shape index (κ2) is 16.1. The zero-order chi connectivity index (χ0) is 46.1. The molecule has 6 nitrogen and oxygen atoms in total. The minimum atomic E-state index is 0.611. The number of hydrogen-bond donors (Lipinski definition) is 0. The van der Waals surface area contributed by atoms with Crippen LogP contribution in [-0.4, -0.2) is 29.1 Å². The Kier molecular flexibility index (Phi) is 9.10. The third-order valence-electron chi connectivity index (χ3n) is 13.8. The molecule has 326 valence electrons. The molecule has 14 aromatic rings. The lowest BCUT2D eigenvalue weighted by Crippen LogP contribution is -2.00. The molecule has 10 aromatic carbocycles. The number of benzene rings is 10. The molecule has 0 aliphatic carbocycles. The molecule has 0 bridgehead atoms. The molecule has 6 heteroatoms. The van der Waals surface area contributed by atoms with Gasteiger partial charge in [-0.15, -0.1) is 0 Å². The zero-order valence-electron chi connectivity index (χ0n) is 37.8. The van der Waals surface area contributed by atoms with Crippen molar-refractivity contribution in [3.63, 3.8) is 0 Å². The van der Waals surface area contributed by atoms with Crippen LogP contribution < -0.4 is 0 Å². The number of hydrogen-bond acceptors (Lipinski definition) is 4. The van der Waals surface area contributed by atoms with Crippen molar-refractivity contribution in [2.24, 2.45) is 0 Å². The van der Waals surface area contributed by atoms with Crippen molar-refractivity contribution >= 4 is 65.3 Å². The van der Waals surface area contributed by atoms with E-state index < -0.39 is 0 Å². The van der Waals surface area contributed by atoms with Crippen molar-refractivity contribution < 1.29 is 0 Å². The first-order valence-corrected chi connectivity index (χ1v) is 23.6. The largest absolute Gasteiger partial charge is 0.309 e. The third-order valence-corrected chi connectivity index (χ3v) is 13.8. The highest BCUT2D eigenvalue weighted by atomic mass is 15.0. The molecule has 0 fully saturated rings. The second-order valence-electron chi connectivity index (χ2n) is 17.8. The summed E-state index contributed by atoms with van der Waals surface area (Å²) in [6.45, 7) is 0. The van der Waals surface area contributed by atoms with Crippen LogP contribution in [0.3, 0.4) is 0 Å². The molecule has 4 aromatic heterocycles. The maximum Gasteiger partial charge on any atom is 0.164 e. The maximum absolute atomic E-state index is 5.47. The Morgan fingerprint density at radius 3 is 1.29 bits per heavy atom. The van der Waals surface area contributed by atoms with Crippen molar-refractivity contribution in [1.82, 2.24) is 29.1 Å². The lowest BCUT2D eigenvalue weighted by molar-refractivity contribution is 1.07. The van der Waals surface area contributed by atoms with Gasteiger partial charge in [-0.3, -0.25) is 0 Å². The molecule has 0 N–H and O–H groups in total. The summed E-state index contributed by atoms with van der Waals surface area (Å²) in [6.07, 6.45) is 0. The van der Waals surface area contributed by atoms with Crippen LogP contribution in [0.4, 0.5) is 0 Å². The molecule has 14 rings (SSSR count). The Balaban J connectivity index is 0.877. The molecular weight excluding hydrogens is 853 g/mol. The normalized spacial score (nSPS) is 11.7. The van der Waals surface area contributed by atoms with E-state index in [2.05, 4.69) is 221 Å². The second-order valence-corrected chi connectivity index (χ2v) is 17.8. The minimum Gasteiger partial charge on any atom is -0.309 e. The standard InChI is InChI=1S/C64H40N6/c1-4-16-42(17-5-1)61-53-38-39-58-60(52-24-12-15-27-57(52)70(58)47-20-8-3-9-21-47)59(53)51-37-34-46(40-54(51)65-61)41-28-30-44(31-29-41)63-66-62(43-18-6-2-7-19-43)67-64(68-63)45-32-35-48(36-33-45)69-55-25-13-10-22-49(55)50-23-11-14-26-56(50)69/h1-40H. The van der Waals surface area contributed by atoms with Gasteiger partial charge < -0.3 is 9.13 Å². The summed E-state index contributed by atoms with van der Waals surface area (Å²) in [7, 11) is 0. The summed E-state index contributed by atoms with van der Waals surface area (Å²) in [6, 6.07) is 85.6. The van der Waals surface area contributed by atoms with Gasteiger partial charge in [-0.25, -0.2) is 19.9 Å². The molecule has 0 aliphatic heterocycles. The van der Waals surface area contributed by atoms with Gasteiger partial charge in [0.15, 0.2) is 17.5 Å². The SMILES string of the molecule is c1ccc(-c2nc(-c3ccc(-c4ccc5c(c4)nc(-c4ccccc4)c4ccc6c(c7ccccc7n6-c6ccccc6)c45)cc3)nc(-c3ccc(-n4c5ccccc5c5ccccc54)cc3)n2)cc1. The molecule has 0 saturated heterocycles. The van der Waals surface area contributed by atoms with E-state index >= 15 is 0 Å². The Bertz CT molecular complexity index is 4260. The molecule has 0 unspecified atom stereocenters. The third kappa shape index (κ3) is 6.42. The molecule has 0 spiro atoms. The first kappa shape index (κ1) is 39.6. The summed E-state index contributed by atoms with van der Waals surface area (Å²) >= 11 is 0. The Hall–Kier alpha value is -9.52. The predicted molar refractivity (Wildman–Crippen MR) is 288 cm³/mol. The number of pyridine rings is 1. The predicted octanol–water partition coefficient (Wildman–Crippen LogP) is 16.1. The van der Waals surface area contributed by atoms with Gasteiger partial charge in [-0.2, -0.15) is 0 Å². The van der Waals surface area contributed by atoms with E-state index in [1.165, 1.54) is 49.0 Å². The Morgan fingerprint density at radius 1 is 0.243 bits per heavy atom. The highest BCUT2D eigenvalue weighted by Crippen LogP contribution is 2.43. The first-order valence-electron chi connectivity index (χ1n) is 23.6. The number of aromatic nitrogens is 6. The highest BCUT2D eigenvalue weighted by Gasteiger charge is 2.21. The molecule has 70 heavy (non-hydrogen) atoms. The molecule has 0 saturated carbocycles. The molecule has 0 atom stereocenters. The molecule has 0 amide bonds. The molecule has 0 radical (unpaired) electrons. The first-order chi connectivity index (χ1) is 34.7. The smallest absolute Gasteiger partial charge is 0.164 e. The fourth-order valence-electron chi connectivity index (χ4n) is 10.5. The van der Waals surface area contributed by atoms with Crippen LogP contribution in [0.1, 0.15) is 0 Å². The lowest BCUT2D eigenvalue weighted by Gasteiger charge is -2.14. The van der Waals surface area contributed by atoms with Gasteiger partial charge in [0.2, 0.25) is 0 Å². The van der Waals surface area contributed by atoms with Crippen LogP contribution in [-0.2, 0) is 0 Å². The van der Waals surface area contributed by atoms with Gasteiger partial charge in [-0.05, 0) is 77.9 Å². The van der Waals surface area contributed by atoms with Crippen LogP contribution in [0, 0.1) is 0 Å². The van der Waals surface area contributed by atoms with Gasteiger partial charge in [0.25, 0.3) is 0 Å². The van der Waals surface area contributed by atoms with Crippen molar-refractivity contribution in [2.75, 3.05) is 0 Å². The number of para-hydroxylation sites is 4. The number of nitrogens with zero attached hydrogens (tertiary/aromatic N) is 6. The van der Waals surface area contributed by atoms with E-state index in [0.29, 0.717) is 17.5 Å². The minimum absolute atomic E-state index is 0.611. The number of fused-ring (bicyclic) bond motifs is 10. The van der Waals surface area contributed by atoms with Crippen LogP contribution in [0.2, 0.25) is 0 Å². The summed E-state index contributed by atoms with van der Waals surface area (Å²) in [4.78, 5) is 20.7. The van der Waals surface area contributed by atoms with E-state index in [4.69, 9.17) is 19.9 Å². The van der Waals surface area contributed by atoms with Crippen molar-refractivity contribution in [3.05, 3.63) is 243 Å². The summed E-state index contributed by atoms with van der Waals surface area (Å²) in [5.41, 5.74) is 14.8. The summed E-state index contributed by atoms with van der Waals surface area (Å²) in [5.74, 6) is 1.85. The average Bonchev–Trinajstić information content (AvgIpc) is 3.96. The van der Waals surface area contributed by atoms with Crippen molar-refractivity contribution in [1.29, 1.82) is 0 Å². The van der Waals surface area contributed by atoms with Gasteiger partial charge in [-0.1, -0.05) is 176 Å². The summed E-state index contributed by atoms with van der Waals surface area (Å²) < 4.78 is 4.71.